The van der Waals surface area contributed by atoms with Crippen LogP contribution in [-0.2, 0) is 4.74 Å². The van der Waals surface area contributed by atoms with Crippen LogP contribution in [0.4, 0.5) is 4.79 Å². The number of allylic oxidation sites excluding steroid dienone is 6. The van der Waals surface area contributed by atoms with Gasteiger partial charge in [-0.1, -0.05) is 54.2 Å². The molecule has 0 saturated heterocycles. The Balaban J connectivity index is 0.00000784. The third-order valence-electron chi connectivity index (χ3n) is 5.42. The van der Waals surface area contributed by atoms with Crippen molar-refractivity contribution in [3.05, 3.63) is 34.9 Å². The second-order valence-electron chi connectivity index (χ2n) is 8.73. The Morgan fingerprint density at radius 3 is 2.14 bits per heavy atom. The number of carbonyl (C=O) groups is 1. The highest BCUT2D eigenvalue weighted by atomic mass is 16.6. The van der Waals surface area contributed by atoms with Crippen LogP contribution >= 0.6 is 0 Å². The fraction of sp³-hybridized carbons (Fsp3) is 0.720. The van der Waals surface area contributed by atoms with E-state index in [1.807, 2.05) is 6.92 Å². The molecule has 162 valence electrons. The number of carbonyl (C=O) groups excluding carboxylic acids is 1. The normalized spacial score (nSPS) is 17.2. The van der Waals surface area contributed by atoms with Crippen LogP contribution in [0.2, 0.25) is 0 Å². The Labute approximate surface area is 175 Å². The van der Waals surface area contributed by atoms with Gasteiger partial charge in [0.25, 0.3) is 0 Å². The molecule has 0 bridgehead atoms. The monoisotopic (exact) mass is 391 g/mol. The highest BCUT2D eigenvalue weighted by Crippen LogP contribution is 2.18. The molecule has 0 spiro atoms. The summed E-state index contributed by atoms with van der Waals surface area (Å²) in [6, 6.07) is 0.314. The van der Waals surface area contributed by atoms with Gasteiger partial charge in [-0.3, -0.25) is 0 Å². The largest absolute Gasteiger partial charge is 0.447 e. The van der Waals surface area contributed by atoms with Crippen LogP contribution in [-0.4, -0.2) is 18.2 Å². The highest BCUT2D eigenvalue weighted by Gasteiger charge is 2.17. The lowest BCUT2D eigenvalue weighted by molar-refractivity contribution is 0.0977. The smallest absolute Gasteiger partial charge is 0.407 e. The van der Waals surface area contributed by atoms with E-state index >= 15 is 0 Å². The van der Waals surface area contributed by atoms with E-state index in [0.29, 0.717) is 6.04 Å². The third-order valence-corrected chi connectivity index (χ3v) is 5.42. The lowest BCUT2D eigenvalue weighted by atomic mass is 9.96. The summed E-state index contributed by atoms with van der Waals surface area (Å²) in [6.45, 7) is 10.7. The first kappa shape index (κ1) is 24.5. The molecular weight excluding hydrogens is 346 g/mol. The lowest BCUT2D eigenvalue weighted by Gasteiger charge is -2.23. The van der Waals surface area contributed by atoms with Crippen molar-refractivity contribution in [3.63, 3.8) is 0 Å². The van der Waals surface area contributed by atoms with Gasteiger partial charge in [0.15, 0.2) is 0 Å². The van der Waals surface area contributed by atoms with E-state index in [2.05, 4.69) is 51.2 Å². The first-order chi connectivity index (χ1) is 13.4. The highest BCUT2D eigenvalue weighted by molar-refractivity contribution is 5.67. The van der Waals surface area contributed by atoms with Gasteiger partial charge in [0.1, 0.15) is 6.10 Å². The van der Waals surface area contributed by atoms with Gasteiger partial charge >= 0.3 is 6.09 Å². The van der Waals surface area contributed by atoms with Crippen LogP contribution in [0.3, 0.4) is 0 Å². The van der Waals surface area contributed by atoms with Gasteiger partial charge in [0.05, 0.1) is 0 Å². The summed E-state index contributed by atoms with van der Waals surface area (Å²) < 4.78 is 5.51. The van der Waals surface area contributed by atoms with Gasteiger partial charge < -0.3 is 10.1 Å². The van der Waals surface area contributed by atoms with Crippen LogP contribution < -0.4 is 5.32 Å². The second-order valence-corrected chi connectivity index (χ2v) is 8.73. The molecular formula is C25H45NO2. The molecule has 1 saturated carbocycles. The van der Waals surface area contributed by atoms with Crippen molar-refractivity contribution < 1.29 is 11.0 Å². The molecule has 1 N–H and O–H groups in total. The predicted octanol–water partition coefficient (Wildman–Crippen LogP) is 7.88. The standard InChI is InChI=1S/C25H43NO2.H2/c1-20(2)12-9-13-21(3)14-10-15-22(4)16-11-17-23(5)28-25(27)26-24-18-7-6-8-19-24;/h12,14,16,23-24H,6-11,13,15,17-19H2,1-5H3,(H,26,27);1H/b21-14+,22-16+;. The van der Waals surface area contributed by atoms with Gasteiger partial charge in [-0.05, 0) is 86.0 Å². The van der Waals surface area contributed by atoms with Crippen molar-refractivity contribution in [2.24, 2.45) is 0 Å². The van der Waals surface area contributed by atoms with Crippen molar-refractivity contribution in [2.75, 3.05) is 0 Å². The second kappa shape index (κ2) is 14.5. The Hall–Kier alpha value is -1.51. The predicted molar refractivity (Wildman–Crippen MR) is 123 cm³/mol. The average molecular weight is 392 g/mol. The van der Waals surface area contributed by atoms with Crippen molar-refractivity contribution >= 4 is 6.09 Å². The summed E-state index contributed by atoms with van der Waals surface area (Å²) in [5, 5.41) is 3.02. The fourth-order valence-corrected chi connectivity index (χ4v) is 3.59. The molecule has 1 rings (SSSR count). The summed E-state index contributed by atoms with van der Waals surface area (Å²) >= 11 is 0. The topological polar surface area (TPSA) is 38.3 Å². The Morgan fingerprint density at radius 2 is 1.54 bits per heavy atom. The van der Waals surface area contributed by atoms with E-state index in [-0.39, 0.29) is 13.6 Å². The van der Waals surface area contributed by atoms with E-state index in [4.69, 9.17) is 4.74 Å². The van der Waals surface area contributed by atoms with Crippen LogP contribution in [0.15, 0.2) is 34.9 Å². The van der Waals surface area contributed by atoms with Crippen molar-refractivity contribution in [1.82, 2.24) is 5.32 Å². The molecule has 1 aliphatic carbocycles. The number of ether oxygens (including phenoxy) is 1. The van der Waals surface area contributed by atoms with Gasteiger partial charge in [0.2, 0.25) is 0 Å². The minimum absolute atomic E-state index is 0. The molecule has 0 aromatic carbocycles. The molecule has 1 unspecified atom stereocenters. The molecule has 0 aromatic rings. The molecule has 1 aliphatic rings. The lowest BCUT2D eigenvalue weighted by Crippen LogP contribution is -2.37. The van der Waals surface area contributed by atoms with Crippen LogP contribution in [0.5, 0.6) is 0 Å². The fourth-order valence-electron chi connectivity index (χ4n) is 3.59. The molecule has 0 aromatic heterocycles. The van der Waals surface area contributed by atoms with E-state index < -0.39 is 0 Å². The van der Waals surface area contributed by atoms with E-state index in [1.165, 1.54) is 36.0 Å². The van der Waals surface area contributed by atoms with Crippen LogP contribution in [0.1, 0.15) is 107 Å². The van der Waals surface area contributed by atoms with Gasteiger partial charge in [-0.25, -0.2) is 4.79 Å². The SMILES string of the molecule is CC(C)=CCC/C(C)=C/CC/C(C)=C/CCC(C)OC(=O)NC1CCCCC1.[HH]. The van der Waals surface area contributed by atoms with Crippen LogP contribution in [0, 0.1) is 0 Å². The summed E-state index contributed by atoms with van der Waals surface area (Å²) in [5.41, 5.74) is 4.31. The summed E-state index contributed by atoms with van der Waals surface area (Å²) in [4.78, 5) is 12.0. The molecule has 0 aliphatic heterocycles. The van der Waals surface area contributed by atoms with Gasteiger partial charge in [-0.15, -0.1) is 0 Å². The zero-order valence-corrected chi connectivity index (χ0v) is 19.0. The quantitative estimate of drug-likeness (QED) is 0.364. The maximum absolute atomic E-state index is 12.0. The number of hydrogen-bond donors (Lipinski definition) is 1. The zero-order valence-electron chi connectivity index (χ0n) is 19.0. The average Bonchev–Trinajstić information content (AvgIpc) is 2.62. The molecule has 1 fully saturated rings. The van der Waals surface area contributed by atoms with E-state index in [1.54, 1.807) is 0 Å². The van der Waals surface area contributed by atoms with E-state index in [9.17, 15) is 4.79 Å². The first-order valence-electron chi connectivity index (χ1n) is 11.3. The summed E-state index contributed by atoms with van der Waals surface area (Å²) in [6.07, 6.45) is 19.0. The molecule has 1 atom stereocenters. The molecule has 1 amide bonds. The Kier molecular flexibility index (Phi) is 12.7. The molecule has 3 nitrogen and oxygen atoms in total. The Bertz CT molecular complexity index is 541. The summed E-state index contributed by atoms with van der Waals surface area (Å²) in [5.74, 6) is 0. The summed E-state index contributed by atoms with van der Waals surface area (Å²) in [7, 11) is 0. The maximum atomic E-state index is 12.0. The van der Waals surface area contributed by atoms with Crippen molar-refractivity contribution in [1.29, 1.82) is 0 Å². The zero-order chi connectivity index (χ0) is 20.8. The first-order valence-corrected chi connectivity index (χ1v) is 11.3. The molecule has 28 heavy (non-hydrogen) atoms. The minimum Gasteiger partial charge on any atom is -0.447 e. The van der Waals surface area contributed by atoms with Crippen molar-refractivity contribution in [3.8, 4) is 0 Å². The number of rotatable bonds is 11. The van der Waals surface area contributed by atoms with Crippen molar-refractivity contribution in [2.45, 2.75) is 117 Å². The number of hydrogen-bond acceptors (Lipinski definition) is 2. The number of amides is 1. The molecule has 0 heterocycles. The van der Waals surface area contributed by atoms with E-state index in [0.717, 1.165) is 51.4 Å². The minimum atomic E-state index is -0.242. The maximum Gasteiger partial charge on any atom is 0.407 e. The third kappa shape index (κ3) is 12.8. The van der Waals surface area contributed by atoms with Crippen LogP contribution in [0.25, 0.3) is 0 Å². The number of nitrogens with one attached hydrogen (secondary N) is 1. The van der Waals surface area contributed by atoms with Gasteiger partial charge in [-0.2, -0.15) is 0 Å². The Morgan fingerprint density at radius 1 is 0.964 bits per heavy atom. The molecule has 0 radical (unpaired) electrons. The number of alkyl carbamates (subject to hydrolysis) is 1. The van der Waals surface area contributed by atoms with Gasteiger partial charge in [0, 0.05) is 7.47 Å². The molecule has 3 heteroatoms.